The second kappa shape index (κ2) is 9.87. The lowest BCUT2D eigenvalue weighted by Crippen LogP contribution is -2.46. The number of carbonyl (C=O) groups excluding carboxylic acids is 3. The normalized spacial score (nSPS) is 32.0. The van der Waals surface area contributed by atoms with Gasteiger partial charge in [0.1, 0.15) is 6.10 Å². The SMILES string of the molecule is C=C1C(=O)O[C@@H]2/C=C(\C)CC/C=C(/CO)[C@H](OC(C)=O)[C@@H](OC(=O)C(C)CC)[C@@H]12. The van der Waals surface area contributed by atoms with Gasteiger partial charge in [0.25, 0.3) is 0 Å². The van der Waals surface area contributed by atoms with Gasteiger partial charge in [-0.2, -0.15) is 0 Å². The molecule has 0 bridgehead atoms. The maximum Gasteiger partial charge on any atom is 0.334 e. The van der Waals surface area contributed by atoms with Crippen LogP contribution in [-0.2, 0) is 28.6 Å². The molecule has 0 aromatic heterocycles. The van der Waals surface area contributed by atoms with E-state index in [0.29, 0.717) is 24.8 Å². The molecule has 1 heterocycles. The topological polar surface area (TPSA) is 99.1 Å². The predicted molar refractivity (Wildman–Crippen MR) is 106 cm³/mol. The van der Waals surface area contributed by atoms with Crippen LogP contribution in [0, 0.1) is 11.8 Å². The van der Waals surface area contributed by atoms with Crippen molar-refractivity contribution in [1.82, 2.24) is 0 Å². The monoisotopic (exact) mass is 406 g/mol. The summed E-state index contributed by atoms with van der Waals surface area (Å²) in [6, 6.07) is 0. The highest BCUT2D eigenvalue weighted by molar-refractivity contribution is 5.91. The number of allylic oxidation sites excluding steroid dienone is 2. The van der Waals surface area contributed by atoms with Crippen molar-refractivity contribution in [1.29, 1.82) is 0 Å². The fourth-order valence-corrected chi connectivity index (χ4v) is 3.52. The molecule has 2 aliphatic rings. The van der Waals surface area contributed by atoms with Crippen LogP contribution in [0.5, 0.6) is 0 Å². The van der Waals surface area contributed by atoms with Crippen molar-refractivity contribution in [3.63, 3.8) is 0 Å². The van der Waals surface area contributed by atoms with Gasteiger partial charge in [-0.05, 0) is 37.8 Å². The minimum atomic E-state index is -1.05. The Kier molecular flexibility index (Phi) is 7.79. The molecule has 29 heavy (non-hydrogen) atoms. The first-order chi connectivity index (χ1) is 13.7. The molecular formula is C22H30O7. The molecular weight excluding hydrogens is 376 g/mol. The summed E-state index contributed by atoms with van der Waals surface area (Å²) in [5.41, 5.74) is 1.56. The van der Waals surface area contributed by atoms with Crippen LogP contribution < -0.4 is 0 Å². The molecule has 160 valence electrons. The fourth-order valence-electron chi connectivity index (χ4n) is 3.52. The maximum absolute atomic E-state index is 12.6. The number of aliphatic hydroxyl groups is 1. The first kappa shape index (κ1) is 22.9. The number of ether oxygens (including phenoxy) is 3. The van der Waals surface area contributed by atoms with Crippen molar-refractivity contribution in [2.45, 2.75) is 65.3 Å². The van der Waals surface area contributed by atoms with Crippen LogP contribution in [0.3, 0.4) is 0 Å². The molecule has 0 amide bonds. The summed E-state index contributed by atoms with van der Waals surface area (Å²) in [4.78, 5) is 36.8. The van der Waals surface area contributed by atoms with Crippen LogP contribution in [0.4, 0.5) is 0 Å². The first-order valence-electron chi connectivity index (χ1n) is 9.94. The standard InChI is InChI=1S/C22H30O7/c1-6-13(3)21(25)29-20-18-14(4)22(26)28-17(18)10-12(2)8-7-9-16(11-23)19(20)27-15(5)24/h9-10,13,17-20,23H,4,6-8,11H2,1-3,5H3/b12-10+,16-9-/t13?,17-,18+,19+,20+/m1/s1. The number of fused-ring (bicyclic) bond motifs is 1. The zero-order valence-electron chi connectivity index (χ0n) is 17.5. The van der Waals surface area contributed by atoms with Gasteiger partial charge in [0.2, 0.25) is 0 Å². The maximum atomic E-state index is 12.6. The molecule has 5 atom stereocenters. The summed E-state index contributed by atoms with van der Waals surface area (Å²) < 4.78 is 16.8. The van der Waals surface area contributed by atoms with Gasteiger partial charge in [0.05, 0.1) is 18.4 Å². The summed E-state index contributed by atoms with van der Waals surface area (Å²) >= 11 is 0. The lowest BCUT2D eigenvalue weighted by atomic mass is 9.83. The van der Waals surface area contributed by atoms with Crippen LogP contribution in [0.2, 0.25) is 0 Å². The van der Waals surface area contributed by atoms with Crippen LogP contribution in [-0.4, -0.2) is 47.9 Å². The van der Waals surface area contributed by atoms with Gasteiger partial charge in [-0.3, -0.25) is 9.59 Å². The molecule has 1 N–H and O–H groups in total. The summed E-state index contributed by atoms with van der Waals surface area (Å²) in [5, 5.41) is 9.95. The summed E-state index contributed by atoms with van der Waals surface area (Å²) in [7, 11) is 0. The van der Waals surface area contributed by atoms with Crippen LogP contribution in [0.15, 0.2) is 35.5 Å². The Hall–Kier alpha value is -2.41. The first-order valence-corrected chi connectivity index (χ1v) is 9.94. The van der Waals surface area contributed by atoms with E-state index < -0.39 is 42.1 Å². The third-order valence-electron chi connectivity index (χ3n) is 5.42. The lowest BCUT2D eigenvalue weighted by molar-refractivity contribution is -0.171. The number of hydrogen-bond acceptors (Lipinski definition) is 7. The highest BCUT2D eigenvalue weighted by Gasteiger charge is 2.49. The Labute approximate surface area is 171 Å². The van der Waals surface area contributed by atoms with Crippen LogP contribution >= 0.6 is 0 Å². The number of carbonyl (C=O) groups is 3. The Morgan fingerprint density at radius 1 is 1.38 bits per heavy atom. The molecule has 7 heteroatoms. The van der Waals surface area contributed by atoms with Crippen LogP contribution in [0.25, 0.3) is 0 Å². The predicted octanol–water partition coefficient (Wildman–Crippen LogP) is 2.63. The molecule has 1 aliphatic heterocycles. The molecule has 0 aromatic carbocycles. The highest BCUT2D eigenvalue weighted by atomic mass is 16.6. The molecule has 1 unspecified atom stereocenters. The van der Waals surface area contributed by atoms with Gasteiger partial charge in [0.15, 0.2) is 12.2 Å². The Morgan fingerprint density at radius 3 is 2.66 bits per heavy atom. The van der Waals surface area contributed by atoms with E-state index in [9.17, 15) is 19.5 Å². The van der Waals surface area contributed by atoms with E-state index in [1.54, 1.807) is 13.0 Å². The van der Waals surface area contributed by atoms with Gasteiger partial charge in [-0.1, -0.05) is 32.1 Å². The van der Waals surface area contributed by atoms with E-state index in [0.717, 1.165) is 5.57 Å². The van der Waals surface area contributed by atoms with Crippen molar-refractivity contribution in [2.24, 2.45) is 11.8 Å². The van der Waals surface area contributed by atoms with Gasteiger partial charge >= 0.3 is 17.9 Å². The quantitative estimate of drug-likeness (QED) is 0.324. The third kappa shape index (κ3) is 5.35. The van der Waals surface area contributed by atoms with Crippen molar-refractivity contribution < 1.29 is 33.7 Å². The van der Waals surface area contributed by atoms with Crippen molar-refractivity contribution in [2.75, 3.05) is 6.61 Å². The number of aliphatic hydroxyl groups excluding tert-OH is 1. The Morgan fingerprint density at radius 2 is 2.07 bits per heavy atom. The van der Waals surface area contributed by atoms with Crippen LogP contribution in [0.1, 0.15) is 47.0 Å². The average molecular weight is 406 g/mol. The number of rotatable bonds is 5. The van der Waals surface area contributed by atoms with Crippen molar-refractivity contribution in [3.05, 3.63) is 35.5 Å². The van der Waals surface area contributed by atoms with Gasteiger partial charge in [-0.25, -0.2) is 4.79 Å². The van der Waals surface area contributed by atoms with Gasteiger partial charge in [-0.15, -0.1) is 0 Å². The number of hydrogen-bond donors (Lipinski definition) is 1. The van der Waals surface area contributed by atoms with E-state index in [1.807, 2.05) is 19.9 Å². The summed E-state index contributed by atoms with van der Waals surface area (Å²) in [5.74, 6) is -2.76. The number of esters is 3. The zero-order valence-corrected chi connectivity index (χ0v) is 17.5. The molecule has 0 saturated carbocycles. The highest BCUT2D eigenvalue weighted by Crippen LogP contribution is 2.37. The van der Waals surface area contributed by atoms with E-state index in [1.165, 1.54) is 6.92 Å². The molecule has 1 fully saturated rings. The molecule has 0 aromatic rings. The Balaban J connectivity index is 2.59. The smallest absolute Gasteiger partial charge is 0.334 e. The second-order valence-electron chi connectivity index (χ2n) is 7.65. The largest absolute Gasteiger partial charge is 0.457 e. The van der Waals surface area contributed by atoms with Crippen molar-refractivity contribution >= 4 is 17.9 Å². The van der Waals surface area contributed by atoms with E-state index in [4.69, 9.17) is 14.2 Å². The minimum Gasteiger partial charge on any atom is -0.457 e. The molecule has 2 rings (SSSR count). The molecule has 7 nitrogen and oxygen atoms in total. The molecule has 0 spiro atoms. The molecule has 1 saturated heterocycles. The second-order valence-corrected chi connectivity index (χ2v) is 7.65. The lowest BCUT2D eigenvalue weighted by Gasteiger charge is -2.34. The Bertz CT molecular complexity index is 733. The average Bonchev–Trinajstić information content (AvgIpc) is 2.93. The fraction of sp³-hybridized carbons (Fsp3) is 0.591. The van der Waals surface area contributed by atoms with Gasteiger partial charge < -0.3 is 19.3 Å². The molecule has 1 aliphatic carbocycles. The van der Waals surface area contributed by atoms with E-state index >= 15 is 0 Å². The third-order valence-corrected chi connectivity index (χ3v) is 5.42. The minimum absolute atomic E-state index is 0.149. The molecule has 0 radical (unpaired) electrons. The van der Waals surface area contributed by atoms with E-state index in [2.05, 4.69) is 6.58 Å². The summed E-state index contributed by atoms with van der Waals surface area (Å²) in [6.45, 7) is 10.2. The summed E-state index contributed by atoms with van der Waals surface area (Å²) in [6.07, 6.45) is 2.66. The van der Waals surface area contributed by atoms with Gasteiger partial charge in [0, 0.05) is 12.5 Å². The zero-order chi connectivity index (χ0) is 21.7. The van der Waals surface area contributed by atoms with Crippen molar-refractivity contribution in [3.8, 4) is 0 Å². The van der Waals surface area contributed by atoms with E-state index in [-0.39, 0.29) is 18.1 Å².